The minimum absolute atomic E-state index is 0.0888. The highest BCUT2D eigenvalue weighted by atomic mass is 16.5. The summed E-state index contributed by atoms with van der Waals surface area (Å²) in [7, 11) is 0. The van der Waals surface area contributed by atoms with Crippen molar-refractivity contribution in [3.8, 4) is 0 Å². The van der Waals surface area contributed by atoms with Crippen LogP contribution in [-0.2, 0) is 14.3 Å². The van der Waals surface area contributed by atoms with Crippen LogP contribution in [0.2, 0.25) is 0 Å². The number of imide groups is 1. The molecule has 192 valence electrons. The number of ether oxygens (including phenoxy) is 1. The first-order valence-corrected chi connectivity index (χ1v) is 12.3. The van der Waals surface area contributed by atoms with E-state index in [1.54, 1.807) is 42.9 Å². The molecule has 0 saturated heterocycles. The monoisotopic (exact) mass is 513 g/mol. The maximum Gasteiger partial charge on any atom is 0.326 e. The van der Waals surface area contributed by atoms with Crippen molar-refractivity contribution in [1.29, 1.82) is 0 Å². The molecule has 0 radical (unpaired) electrons. The van der Waals surface area contributed by atoms with Gasteiger partial charge in [-0.2, -0.15) is 5.10 Å². The summed E-state index contributed by atoms with van der Waals surface area (Å²) in [6, 6.07) is 13.1. The third-order valence-electron chi connectivity index (χ3n) is 6.97. The predicted molar refractivity (Wildman–Crippen MR) is 133 cm³/mol. The molecule has 3 aliphatic rings. The van der Waals surface area contributed by atoms with Crippen molar-refractivity contribution in [3.63, 3.8) is 0 Å². The summed E-state index contributed by atoms with van der Waals surface area (Å²) in [5.41, 5.74) is 2.22. The van der Waals surface area contributed by atoms with E-state index in [2.05, 4.69) is 5.10 Å². The molecular formula is C28H23N3O7. The minimum Gasteiger partial charge on any atom is -0.467 e. The smallest absolute Gasteiger partial charge is 0.326 e. The number of amides is 3. The highest BCUT2D eigenvalue weighted by molar-refractivity contribution is 6.22. The molecule has 10 nitrogen and oxygen atoms in total. The maximum atomic E-state index is 13.3. The Morgan fingerprint density at radius 3 is 2.42 bits per heavy atom. The second kappa shape index (κ2) is 9.62. The standard InChI is InChI=1S/C28H23N3O7/c32-23(16-38-24(33)15-30-27(34)19-8-1-2-9-20(19)28(30)35)31-26(22-11-5-13-37-22)21-10-3-6-17(25(21)29-31)14-18-7-4-12-36-18/h1-2,4-5,7-9,11-14,21,26H,3,6,10,15-16H2. The van der Waals surface area contributed by atoms with Crippen molar-refractivity contribution in [2.45, 2.75) is 25.3 Å². The Hall–Kier alpha value is -4.73. The average molecular weight is 514 g/mol. The van der Waals surface area contributed by atoms with E-state index in [1.807, 2.05) is 12.1 Å². The fourth-order valence-electron chi connectivity index (χ4n) is 5.26. The zero-order chi connectivity index (χ0) is 26.2. The van der Waals surface area contributed by atoms with Crippen LogP contribution in [0.1, 0.15) is 57.5 Å². The largest absolute Gasteiger partial charge is 0.467 e. The van der Waals surface area contributed by atoms with Crippen molar-refractivity contribution < 1.29 is 32.7 Å². The van der Waals surface area contributed by atoms with Crippen LogP contribution in [-0.4, -0.2) is 52.5 Å². The molecule has 0 spiro atoms. The number of esters is 1. The number of hydrogen-bond acceptors (Lipinski definition) is 8. The van der Waals surface area contributed by atoms with Gasteiger partial charge in [0.05, 0.1) is 29.4 Å². The Balaban J connectivity index is 1.18. The van der Waals surface area contributed by atoms with Gasteiger partial charge < -0.3 is 13.6 Å². The third-order valence-corrected chi connectivity index (χ3v) is 6.97. The summed E-state index contributed by atoms with van der Waals surface area (Å²) in [5.74, 6) is -1.36. The molecule has 3 amide bonds. The quantitative estimate of drug-likeness (QED) is 0.363. The Labute approximate surface area is 217 Å². The summed E-state index contributed by atoms with van der Waals surface area (Å²) in [5, 5.41) is 5.98. The zero-order valence-electron chi connectivity index (χ0n) is 20.2. The van der Waals surface area contributed by atoms with Crippen molar-refractivity contribution in [3.05, 3.63) is 89.3 Å². The van der Waals surface area contributed by atoms with E-state index >= 15 is 0 Å². The molecule has 1 fully saturated rings. The highest BCUT2D eigenvalue weighted by Gasteiger charge is 2.45. The lowest BCUT2D eigenvalue weighted by molar-refractivity contribution is -0.153. The molecule has 2 unspecified atom stereocenters. The lowest BCUT2D eigenvalue weighted by atomic mass is 9.79. The van der Waals surface area contributed by atoms with Crippen LogP contribution in [0.5, 0.6) is 0 Å². The van der Waals surface area contributed by atoms with Gasteiger partial charge in [-0.15, -0.1) is 0 Å². The number of hydrogen-bond donors (Lipinski definition) is 0. The number of carbonyl (C=O) groups is 4. The van der Waals surface area contributed by atoms with E-state index in [4.69, 9.17) is 13.6 Å². The van der Waals surface area contributed by atoms with E-state index in [-0.39, 0.29) is 17.0 Å². The van der Waals surface area contributed by atoms with Gasteiger partial charge in [-0.05, 0) is 67.3 Å². The van der Waals surface area contributed by atoms with Crippen LogP contribution in [0.4, 0.5) is 0 Å². The normalized spacial score (nSPS) is 21.5. The molecule has 1 aliphatic carbocycles. The summed E-state index contributed by atoms with van der Waals surface area (Å²) in [6.45, 7) is -1.19. The molecule has 4 heterocycles. The average Bonchev–Trinajstić information content (AvgIpc) is 3.73. The van der Waals surface area contributed by atoms with Crippen molar-refractivity contribution >= 4 is 35.5 Å². The van der Waals surface area contributed by atoms with Gasteiger partial charge >= 0.3 is 5.97 Å². The fourth-order valence-corrected chi connectivity index (χ4v) is 5.26. The predicted octanol–water partition coefficient (Wildman–Crippen LogP) is 3.84. The van der Waals surface area contributed by atoms with Crippen LogP contribution in [0.15, 0.2) is 80.6 Å². The van der Waals surface area contributed by atoms with Crippen molar-refractivity contribution in [2.75, 3.05) is 13.2 Å². The van der Waals surface area contributed by atoms with Gasteiger partial charge in [0.15, 0.2) is 6.61 Å². The van der Waals surface area contributed by atoms with E-state index in [0.717, 1.165) is 35.4 Å². The summed E-state index contributed by atoms with van der Waals surface area (Å²) < 4.78 is 16.3. The van der Waals surface area contributed by atoms with E-state index in [0.29, 0.717) is 11.5 Å². The van der Waals surface area contributed by atoms with Crippen LogP contribution in [0, 0.1) is 5.92 Å². The first-order chi connectivity index (χ1) is 18.5. The Morgan fingerprint density at radius 2 is 1.74 bits per heavy atom. The highest BCUT2D eigenvalue weighted by Crippen LogP contribution is 2.44. The molecule has 2 aliphatic heterocycles. The number of furan rings is 2. The van der Waals surface area contributed by atoms with Crippen LogP contribution in [0.25, 0.3) is 6.08 Å². The molecule has 0 N–H and O–H groups in total. The van der Waals surface area contributed by atoms with Gasteiger partial charge in [-0.3, -0.25) is 24.1 Å². The summed E-state index contributed by atoms with van der Waals surface area (Å²) >= 11 is 0. The van der Waals surface area contributed by atoms with Gasteiger partial charge in [0.2, 0.25) is 0 Å². The number of allylic oxidation sites excluding steroid dienone is 1. The first kappa shape index (κ1) is 23.7. The Morgan fingerprint density at radius 1 is 1.00 bits per heavy atom. The third kappa shape index (κ3) is 4.13. The zero-order valence-corrected chi connectivity index (χ0v) is 20.2. The molecule has 1 aromatic carbocycles. The summed E-state index contributed by atoms with van der Waals surface area (Å²) in [4.78, 5) is 51.7. The second-order valence-electron chi connectivity index (χ2n) is 9.27. The summed E-state index contributed by atoms with van der Waals surface area (Å²) in [6.07, 6.45) is 7.58. The molecule has 6 rings (SSSR count). The van der Waals surface area contributed by atoms with Gasteiger partial charge in [-0.25, -0.2) is 5.01 Å². The fraction of sp³-hybridized carbons (Fsp3) is 0.250. The molecule has 2 atom stereocenters. The van der Waals surface area contributed by atoms with Crippen LogP contribution in [0.3, 0.4) is 0 Å². The van der Waals surface area contributed by atoms with Crippen LogP contribution >= 0.6 is 0 Å². The topological polar surface area (TPSA) is 123 Å². The van der Waals surface area contributed by atoms with Crippen molar-refractivity contribution in [1.82, 2.24) is 9.91 Å². The lowest BCUT2D eigenvalue weighted by Crippen LogP contribution is -2.38. The van der Waals surface area contributed by atoms with E-state index in [9.17, 15) is 19.2 Å². The molecule has 38 heavy (non-hydrogen) atoms. The molecule has 1 saturated carbocycles. The molecular weight excluding hydrogens is 490 g/mol. The Kier molecular flexibility index (Phi) is 5.99. The SMILES string of the molecule is O=C(CN1C(=O)c2ccccc2C1=O)OCC(=O)N1N=C2C(=Cc3ccco3)CCCC2C1c1ccco1. The number of hydrazone groups is 1. The molecule has 10 heteroatoms. The van der Waals surface area contributed by atoms with E-state index in [1.165, 1.54) is 17.1 Å². The number of fused-ring (bicyclic) bond motifs is 2. The van der Waals surface area contributed by atoms with Gasteiger partial charge in [0.1, 0.15) is 24.1 Å². The van der Waals surface area contributed by atoms with Gasteiger partial charge in [0, 0.05) is 5.92 Å². The van der Waals surface area contributed by atoms with Gasteiger partial charge in [0.25, 0.3) is 17.7 Å². The molecule has 2 aromatic heterocycles. The number of benzene rings is 1. The number of nitrogens with zero attached hydrogens (tertiary/aromatic N) is 3. The minimum atomic E-state index is -0.870. The Bertz CT molecular complexity index is 1430. The van der Waals surface area contributed by atoms with Crippen LogP contribution < -0.4 is 0 Å². The first-order valence-electron chi connectivity index (χ1n) is 12.3. The molecule has 3 aromatic rings. The number of rotatable bonds is 6. The second-order valence-corrected chi connectivity index (χ2v) is 9.27. The van der Waals surface area contributed by atoms with Crippen molar-refractivity contribution in [2.24, 2.45) is 11.0 Å². The maximum absolute atomic E-state index is 13.3. The molecule has 0 bridgehead atoms. The van der Waals surface area contributed by atoms with E-state index < -0.39 is 42.9 Å². The van der Waals surface area contributed by atoms with Gasteiger partial charge in [-0.1, -0.05) is 12.1 Å². The lowest BCUT2D eigenvalue weighted by Gasteiger charge is -2.27. The number of carbonyl (C=O) groups excluding carboxylic acids is 4.